The molecule has 1 N–H and O–H groups in total. The normalized spacial score (nSPS) is 12.4. The number of aryl methyl sites for hydroxylation is 1. The van der Waals surface area contributed by atoms with E-state index in [4.69, 9.17) is 9.84 Å². The number of phenolic OH excluding ortho intramolecular Hbond substituents is 1. The van der Waals surface area contributed by atoms with Gasteiger partial charge in [-0.1, -0.05) is 136 Å². The van der Waals surface area contributed by atoms with Crippen LogP contribution in [0.1, 0.15) is 113 Å². The molecule has 0 bridgehead atoms. The highest BCUT2D eigenvalue weighted by Gasteiger charge is 2.17. The molecule has 2 aromatic carbocycles. The van der Waals surface area contributed by atoms with Crippen molar-refractivity contribution in [3.63, 3.8) is 0 Å². The van der Waals surface area contributed by atoms with Crippen molar-refractivity contribution in [2.75, 3.05) is 6.61 Å². The van der Waals surface area contributed by atoms with E-state index in [1.807, 2.05) is 31.2 Å². The number of esters is 1. The Labute approximate surface area is 236 Å². The molecule has 0 aromatic heterocycles. The Balaban J connectivity index is 0. The highest BCUT2D eigenvalue weighted by molar-refractivity contribution is 5.71. The van der Waals surface area contributed by atoms with Crippen LogP contribution >= 0.6 is 0 Å². The summed E-state index contributed by atoms with van der Waals surface area (Å²) in [4.78, 5) is 12.0. The molecule has 0 aliphatic heterocycles. The third-order valence-corrected chi connectivity index (χ3v) is 6.14. The molecule has 3 heteroatoms. The van der Waals surface area contributed by atoms with E-state index in [2.05, 4.69) is 67.5 Å². The Morgan fingerprint density at radius 1 is 0.763 bits per heavy atom. The molecule has 2 atom stereocenters. The van der Waals surface area contributed by atoms with E-state index >= 15 is 0 Å². The van der Waals surface area contributed by atoms with Crippen LogP contribution in [0, 0.1) is 29.6 Å². The number of aromatic hydroxyl groups is 1. The molecular formula is C35H60O3. The molecule has 0 amide bonds. The summed E-state index contributed by atoms with van der Waals surface area (Å²) in [5.74, 6) is 0.984. The molecule has 0 saturated heterocycles. The zero-order valence-corrected chi connectivity index (χ0v) is 25.3. The van der Waals surface area contributed by atoms with Crippen LogP contribution in [-0.2, 0) is 9.53 Å². The van der Waals surface area contributed by atoms with Crippen molar-refractivity contribution in [1.82, 2.24) is 0 Å². The summed E-state index contributed by atoms with van der Waals surface area (Å²) in [6.45, 7) is 20.5. The molecule has 0 aliphatic carbocycles. The smallest absolute Gasteiger partial charge is 0.308 e. The number of para-hydroxylation sites is 1. The second-order valence-electron chi connectivity index (χ2n) is 12.9. The fourth-order valence-corrected chi connectivity index (χ4v) is 3.65. The lowest BCUT2D eigenvalue weighted by Gasteiger charge is -2.20. The fourth-order valence-electron chi connectivity index (χ4n) is 3.65. The van der Waals surface area contributed by atoms with Gasteiger partial charge >= 0.3 is 5.97 Å². The molecule has 0 heterocycles. The van der Waals surface area contributed by atoms with Crippen LogP contribution in [0.4, 0.5) is 0 Å². The van der Waals surface area contributed by atoms with Gasteiger partial charge in [-0.2, -0.15) is 0 Å². The number of rotatable bonds is 10. The minimum absolute atomic E-state index is 0. The number of carbonyl (C=O) groups is 1. The van der Waals surface area contributed by atoms with Crippen LogP contribution in [0.5, 0.6) is 5.75 Å². The van der Waals surface area contributed by atoms with Crippen molar-refractivity contribution in [3.05, 3.63) is 66.2 Å². The average molecular weight is 529 g/mol. The molecule has 0 saturated carbocycles. The first kappa shape index (κ1) is 37.9. The highest BCUT2D eigenvalue weighted by atomic mass is 16.5. The lowest BCUT2D eigenvalue weighted by atomic mass is 9.87. The standard InChI is InChI=1S/C21H42O2.C7H8.C6H6O.CH4/c1-17(11-9-14-20(3,4)5)13-16-23-19(22)18(2)12-10-15-21(6,7)8;1-7-5-3-2-4-6-7;7-6-4-2-1-3-5-6;/h17-18H,9-16H2,1-8H3;2-6H,1H3;1-5,7H;1H4. The zero-order chi connectivity index (χ0) is 28.3. The molecule has 2 unspecified atom stereocenters. The third-order valence-electron chi connectivity index (χ3n) is 6.14. The molecule has 0 aliphatic rings. The van der Waals surface area contributed by atoms with Gasteiger partial charge in [0.25, 0.3) is 0 Å². The summed E-state index contributed by atoms with van der Waals surface area (Å²) < 4.78 is 5.47. The number of hydrogen-bond donors (Lipinski definition) is 1. The van der Waals surface area contributed by atoms with Gasteiger partial charge in [0.05, 0.1) is 12.5 Å². The SMILES string of the molecule is C.CC(CCCC(C)(C)C)CCOC(=O)C(C)CCCC(C)(C)C.Cc1ccccc1.Oc1ccccc1. The largest absolute Gasteiger partial charge is 0.508 e. The average Bonchev–Trinajstić information content (AvgIpc) is 2.79. The summed E-state index contributed by atoms with van der Waals surface area (Å²) in [5, 5.41) is 8.63. The lowest BCUT2D eigenvalue weighted by Crippen LogP contribution is -2.17. The van der Waals surface area contributed by atoms with Crippen LogP contribution < -0.4 is 0 Å². The van der Waals surface area contributed by atoms with Gasteiger partial charge in [0.1, 0.15) is 5.75 Å². The number of ether oxygens (including phenoxy) is 1. The summed E-state index contributed by atoms with van der Waals surface area (Å²) in [7, 11) is 0. The van der Waals surface area contributed by atoms with Gasteiger partial charge in [-0.15, -0.1) is 0 Å². The highest BCUT2D eigenvalue weighted by Crippen LogP contribution is 2.25. The molecule has 38 heavy (non-hydrogen) atoms. The summed E-state index contributed by atoms with van der Waals surface area (Å²) in [6, 6.07) is 19.0. The van der Waals surface area contributed by atoms with Crippen LogP contribution in [0.15, 0.2) is 60.7 Å². The Hall–Kier alpha value is -2.29. The maximum Gasteiger partial charge on any atom is 0.308 e. The molecule has 3 nitrogen and oxygen atoms in total. The maximum atomic E-state index is 12.0. The fraction of sp³-hybridized carbons (Fsp3) is 0.629. The second kappa shape index (κ2) is 20.6. The molecule has 218 valence electrons. The van der Waals surface area contributed by atoms with Crippen molar-refractivity contribution in [3.8, 4) is 5.75 Å². The summed E-state index contributed by atoms with van der Waals surface area (Å²) in [6.07, 6.45) is 7.96. The van der Waals surface area contributed by atoms with Crippen molar-refractivity contribution >= 4 is 5.97 Å². The van der Waals surface area contributed by atoms with Gasteiger partial charge < -0.3 is 9.84 Å². The maximum absolute atomic E-state index is 12.0. The second-order valence-corrected chi connectivity index (χ2v) is 12.9. The van der Waals surface area contributed by atoms with Crippen molar-refractivity contribution in [2.24, 2.45) is 22.7 Å². The quantitative estimate of drug-likeness (QED) is 0.312. The topological polar surface area (TPSA) is 46.5 Å². The monoisotopic (exact) mass is 528 g/mol. The molecular weight excluding hydrogens is 468 g/mol. The first-order valence-corrected chi connectivity index (χ1v) is 14.1. The Morgan fingerprint density at radius 3 is 1.58 bits per heavy atom. The van der Waals surface area contributed by atoms with Gasteiger partial charge in [0, 0.05) is 0 Å². The van der Waals surface area contributed by atoms with Crippen molar-refractivity contribution < 1.29 is 14.6 Å². The van der Waals surface area contributed by atoms with Crippen LogP contribution in [0.3, 0.4) is 0 Å². The van der Waals surface area contributed by atoms with E-state index in [-0.39, 0.29) is 19.3 Å². The number of carbonyl (C=O) groups excluding carboxylic acids is 1. The molecule has 2 aromatic rings. The van der Waals surface area contributed by atoms with Crippen molar-refractivity contribution in [2.45, 2.75) is 115 Å². The van der Waals surface area contributed by atoms with E-state index < -0.39 is 0 Å². The van der Waals surface area contributed by atoms with Gasteiger partial charge in [-0.25, -0.2) is 0 Å². The number of phenols is 1. The minimum Gasteiger partial charge on any atom is -0.508 e. The lowest BCUT2D eigenvalue weighted by molar-refractivity contribution is -0.148. The first-order valence-electron chi connectivity index (χ1n) is 14.1. The van der Waals surface area contributed by atoms with Gasteiger partial charge in [0.15, 0.2) is 0 Å². The van der Waals surface area contributed by atoms with Gasteiger partial charge in [-0.05, 0) is 61.5 Å². The summed E-state index contributed by atoms with van der Waals surface area (Å²) >= 11 is 0. The van der Waals surface area contributed by atoms with E-state index in [9.17, 15) is 4.79 Å². The first-order chi connectivity index (χ1) is 17.2. The van der Waals surface area contributed by atoms with Crippen molar-refractivity contribution in [1.29, 1.82) is 0 Å². The molecule has 0 fully saturated rings. The molecule has 2 rings (SSSR count). The summed E-state index contributed by atoms with van der Waals surface area (Å²) in [5.41, 5.74) is 2.10. The predicted octanol–water partition coefficient (Wildman–Crippen LogP) is 10.6. The van der Waals surface area contributed by atoms with E-state index in [0.717, 1.165) is 25.7 Å². The van der Waals surface area contributed by atoms with Crippen LogP contribution in [0.2, 0.25) is 0 Å². The molecule has 0 radical (unpaired) electrons. The van der Waals surface area contributed by atoms with Crippen LogP contribution in [-0.4, -0.2) is 17.7 Å². The van der Waals surface area contributed by atoms with E-state index in [1.54, 1.807) is 24.3 Å². The number of benzene rings is 2. The Morgan fingerprint density at radius 2 is 1.21 bits per heavy atom. The van der Waals surface area contributed by atoms with E-state index in [1.165, 1.54) is 24.8 Å². The Bertz CT molecular complexity index is 763. The van der Waals surface area contributed by atoms with Crippen LogP contribution in [0.25, 0.3) is 0 Å². The predicted molar refractivity (Wildman–Crippen MR) is 167 cm³/mol. The zero-order valence-electron chi connectivity index (χ0n) is 25.3. The minimum atomic E-state index is -0.0131. The molecule has 0 spiro atoms. The third kappa shape index (κ3) is 25.4. The van der Waals surface area contributed by atoms with Gasteiger partial charge in [0.2, 0.25) is 0 Å². The van der Waals surface area contributed by atoms with Gasteiger partial charge in [-0.3, -0.25) is 4.79 Å². The number of hydrogen-bond acceptors (Lipinski definition) is 3. The van der Waals surface area contributed by atoms with E-state index in [0.29, 0.717) is 29.1 Å². The Kier molecular flexibility index (Phi) is 20.6.